The molecule has 30 heavy (non-hydrogen) atoms. The average Bonchev–Trinajstić information content (AvgIpc) is 3.31. The monoisotopic (exact) mass is 433 g/mol. The summed E-state index contributed by atoms with van der Waals surface area (Å²) in [7, 11) is 0. The maximum absolute atomic E-state index is 12.4. The number of pyridine rings is 1. The molecule has 0 unspecified atom stereocenters. The van der Waals surface area contributed by atoms with Crippen molar-refractivity contribution in [1.29, 1.82) is 0 Å². The molecule has 0 saturated carbocycles. The second-order valence-electron chi connectivity index (χ2n) is 7.16. The van der Waals surface area contributed by atoms with Gasteiger partial charge in [-0.3, -0.25) is 9.20 Å². The Balaban J connectivity index is 1.29. The van der Waals surface area contributed by atoms with E-state index in [-0.39, 0.29) is 5.91 Å². The summed E-state index contributed by atoms with van der Waals surface area (Å²) in [6.07, 6.45) is 0.373. The van der Waals surface area contributed by atoms with Crippen LogP contribution in [0.25, 0.3) is 26.8 Å². The lowest BCUT2D eigenvalue weighted by Gasteiger charge is -2.07. The quantitative estimate of drug-likeness (QED) is 0.384. The van der Waals surface area contributed by atoms with Crippen LogP contribution in [-0.2, 0) is 4.79 Å². The third-order valence-electron chi connectivity index (χ3n) is 4.92. The molecule has 1 N–H and O–H groups in total. The molecule has 5 aromatic rings. The number of rotatable bonds is 5. The van der Waals surface area contributed by atoms with Crippen LogP contribution in [0.3, 0.4) is 0 Å². The number of aryl methyl sites for hydroxylation is 2. The third-order valence-corrected chi connectivity index (χ3v) is 6.79. The van der Waals surface area contributed by atoms with Gasteiger partial charge in [-0.15, -0.1) is 10.2 Å². The van der Waals surface area contributed by atoms with E-state index in [0.717, 1.165) is 26.5 Å². The van der Waals surface area contributed by atoms with Crippen LogP contribution >= 0.6 is 23.1 Å². The summed E-state index contributed by atoms with van der Waals surface area (Å²) in [5.41, 5.74) is 5.17. The fourth-order valence-electron chi connectivity index (χ4n) is 3.47. The molecule has 3 aromatic heterocycles. The van der Waals surface area contributed by atoms with Gasteiger partial charge in [0.2, 0.25) is 5.91 Å². The molecule has 0 aliphatic rings. The van der Waals surface area contributed by atoms with Gasteiger partial charge in [0.25, 0.3) is 0 Å². The maximum Gasteiger partial charge on any atom is 0.226 e. The summed E-state index contributed by atoms with van der Waals surface area (Å²) in [5, 5.41) is 14.2. The predicted octanol–water partition coefficient (Wildman–Crippen LogP) is 5.23. The smallest absolute Gasteiger partial charge is 0.226 e. The van der Waals surface area contributed by atoms with Crippen molar-refractivity contribution in [1.82, 2.24) is 19.6 Å². The van der Waals surface area contributed by atoms with Gasteiger partial charge >= 0.3 is 0 Å². The number of hydrogen-bond acceptors (Lipinski definition) is 6. The Morgan fingerprint density at radius 3 is 2.90 bits per heavy atom. The Bertz CT molecular complexity index is 1410. The van der Waals surface area contributed by atoms with E-state index in [1.165, 1.54) is 39.6 Å². The molecule has 0 atom stereocenters. The standard InChI is InChI=1S/C22H19N5OS2/c1-13-7-8-16-18(11-13)30-21(23-16)24-20(28)9-10-29-22-26-25-19-12-14(2)15-5-3-4-6-17(15)27(19)22/h3-8,11-12H,9-10H2,1-2H3,(H,23,24,28). The molecular weight excluding hydrogens is 414 g/mol. The highest BCUT2D eigenvalue weighted by atomic mass is 32.2. The Morgan fingerprint density at radius 1 is 1.13 bits per heavy atom. The summed E-state index contributed by atoms with van der Waals surface area (Å²) in [6.45, 7) is 4.13. The highest BCUT2D eigenvalue weighted by Gasteiger charge is 2.13. The normalized spacial score (nSPS) is 11.5. The highest BCUT2D eigenvalue weighted by molar-refractivity contribution is 7.99. The molecule has 0 bridgehead atoms. The molecule has 0 spiro atoms. The van der Waals surface area contributed by atoms with E-state index in [1.807, 2.05) is 37.3 Å². The van der Waals surface area contributed by atoms with Gasteiger partial charge in [-0.1, -0.05) is 47.4 Å². The zero-order chi connectivity index (χ0) is 20.7. The number of nitrogens with zero attached hydrogens (tertiary/aromatic N) is 4. The minimum absolute atomic E-state index is 0.0483. The lowest BCUT2D eigenvalue weighted by atomic mass is 10.1. The third kappa shape index (κ3) is 3.53. The Hall–Kier alpha value is -2.97. The Kier molecular flexibility index (Phi) is 4.88. The first-order valence-corrected chi connectivity index (χ1v) is 11.4. The van der Waals surface area contributed by atoms with Gasteiger partial charge in [-0.05, 0) is 49.2 Å². The van der Waals surface area contributed by atoms with Crippen molar-refractivity contribution in [2.45, 2.75) is 25.4 Å². The molecule has 0 aliphatic heterocycles. The zero-order valence-electron chi connectivity index (χ0n) is 16.5. The number of anilines is 1. The first-order valence-electron chi connectivity index (χ1n) is 9.62. The van der Waals surface area contributed by atoms with Crippen molar-refractivity contribution >= 4 is 60.9 Å². The highest BCUT2D eigenvalue weighted by Crippen LogP contribution is 2.28. The van der Waals surface area contributed by atoms with Crippen LogP contribution in [0.2, 0.25) is 0 Å². The minimum atomic E-state index is -0.0483. The number of aromatic nitrogens is 4. The van der Waals surface area contributed by atoms with Gasteiger partial charge in [0, 0.05) is 17.6 Å². The number of carbonyl (C=O) groups excluding carboxylic acids is 1. The van der Waals surface area contributed by atoms with Crippen molar-refractivity contribution in [3.63, 3.8) is 0 Å². The summed E-state index contributed by atoms with van der Waals surface area (Å²) >= 11 is 3.03. The lowest BCUT2D eigenvalue weighted by Crippen LogP contribution is -2.12. The molecule has 1 amide bonds. The first-order chi connectivity index (χ1) is 14.6. The minimum Gasteiger partial charge on any atom is -0.302 e. The largest absolute Gasteiger partial charge is 0.302 e. The van der Waals surface area contributed by atoms with Crippen LogP contribution in [0.5, 0.6) is 0 Å². The first kappa shape index (κ1) is 19.0. The van der Waals surface area contributed by atoms with Crippen molar-refractivity contribution in [3.8, 4) is 0 Å². The van der Waals surface area contributed by atoms with Gasteiger partial charge in [0.1, 0.15) is 0 Å². The molecular formula is C22H19N5OS2. The Labute approximate surface area is 181 Å². The van der Waals surface area contributed by atoms with Gasteiger partial charge in [-0.25, -0.2) is 4.98 Å². The lowest BCUT2D eigenvalue weighted by molar-refractivity contribution is -0.115. The topological polar surface area (TPSA) is 72.2 Å². The number of thiazole rings is 1. The summed E-state index contributed by atoms with van der Waals surface area (Å²) < 4.78 is 3.14. The van der Waals surface area contributed by atoms with Crippen molar-refractivity contribution in [3.05, 3.63) is 59.7 Å². The molecule has 2 aromatic carbocycles. The van der Waals surface area contributed by atoms with Crippen molar-refractivity contribution < 1.29 is 4.79 Å². The van der Waals surface area contributed by atoms with E-state index in [9.17, 15) is 4.79 Å². The van der Waals surface area contributed by atoms with Crippen LogP contribution in [-0.4, -0.2) is 31.2 Å². The van der Waals surface area contributed by atoms with Gasteiger partial charge in [0.15, 0.2) is 15.9 Å². The zero-order valence-corrected chi connectivity index (χ0v) is 18.2. The van der Waals surface area contributed by atoms with Crippen molar-refractivity contribution in [2.75, 3.05) is 11.1 Å². The van der Waals surface area contributed by atoms with Crippen LogP contribution in [0.15, 0.2) is 53.7 Å². The summed E-state index contributed by atoms with van der Waals surface area (Å²) in [6, 6.07) is 16.4. The van der Waals surface area contributed by atoms with Gasteiger partial charge in [0.05, 0.1) is 15.7 Å². The molecule has 0 radical (unpaired) electrons. The van der Waals surface area contributed by atoms with Gasteiger partial charge in [-0.2, -0.15) is 0 Å². The molecule has 0 aliphatic carbocycles. The fraction of sp³-hybridized carbons (Fsp3) is 0.182. The average molecular weight is 434 g/mol. The number of hydrogen-bond donors (Lipinski definition) is 1. The number of amides is 1. The van der Waals surface area contributed by atoms with Crippen molar-refractivity contribution in [2.24, 2.45) is 0 Å². The van der Waals surface area contributed by atoms with Crippen LogP contribution in [0, 0.1) is 13.8 Å². The van der Waals surface area contributed by atoms with Crippen LogP contribution < -0.4 is 5.32 Å². The SMILES string of the molecule is Cc1ccc2nc(NC(=O)CCSc3nnc4cc(C)c5ccccc5n34)sc2c1. The molecule has 6 nitrogen and oxygen atoms in total. The second kappa shape index (κ2) is 7.70. The van der Waals surface area contributed by atoms with E-state index in [1.54, 1.807) is 0 Å². The number of fused-ring (bicyclic) bond motifs is 4. The number of thioether (sulfide) groups is 1. The number of para-hydroxylation sites is 1. The molecule has 0 fully saturated rings. The van der Waals surface area contributed by atoms with E-state index in [2.05, 4.69) is 50.0 Å². The number of nitrogens with one attached hydrogen (secondary N) is 1. The molecule has 0 saturated heterocycles. The Morgan fingerprint density at radius 2 is 2.00 bits per heavy atom. The second-order valence-corrected chi connectivity index (χ2v) is 9.25. The number of benzene rings is 2. The van der Waals surface area contributed by atoms with E-state index < -0.39 is 0 Å². The van der Waals surface area contributed by atoms with Crippen LogP contribution in [0.1, 0.15) is 17.5 Å². The van der Waals surface area contributed by atoms with Crippen LogP contribution in [0.4, 0.5) is 5.13 Å². The van der Waals surface area contributed by atoms with E-state index in [0.29, 0.717) is 17.3 Å². The molecule has 5 rings (SSSR count). The fourth-order valence-corrected chi connectivity index (χ4v) is 5.34. The molecule has 3 heterocycles. The number of carbonyl (C=O) groups is 1. The summed E-state index contributed by atoms with van der Waals surface area (Å²) in [4.78, 5) is 16.9. The molecule has 8 heteroatoms. The maximum atomic E-state index is 12.4. The van der Waals surface area contributed by atoms with Gasteiger partial charge < -0.3 is 5.32 Å². The predicted molar refractivity (Wildman–Crippen MR) is 124 cm³/mol. The van der Waals surface area contributed by atoms with E-state index in [4.69, 9.17) is 0 Å². The molecule has 150 valence electrons. The summed E-state index contributed by atoms with van der Waals surface area (Å²) in [5.74, 6) is 0.562. The van der Waals surface area contributed by atoms with E-state index >= 15 is 0 Å².